The number of ether oxygens (including phenoxy) is 2. The van der Waals surface area contributed by atoms with Gasteiger partial charge >= 0.3 is 0 Å². The second kappa shape index (κ2) is 10.4. The van der Waals surface area contributed by atoms with E-state index < -0.39 is 5.82 Å². The molecule has 2 N–H and O–H groups in total. The molecule has 4 heterocycles. The van der Waals surface area contributed by atoms with Crippen LogP contribution in [0.15, 0.2) is 24.4 Å². The first kappa shape index (κ1) is 24.0. The molecule has 2 aliphatic rings. The average molecular weight is 477 g/mol. The molecule has 1 unspecified atom stereocenters. The molecule has 0 amide bonds. The molecule has 9 heteroatoms. The van der Waals surface area contributed by atoms with Crippen molar-refractivity contribution in [1.82, 2.24) is 15.3 Å². The summed E-state index contributed by atoms with van der Waals surface area (Å²) in [4.78, 5) is 21.4. The van der Waals surface area contributed by atoms with E-state index in [4.69, 9.17) is 21.1 Å². The number of pyridine rings is 2. The summed E-state index contributed by atoms with van der Waals surface area (Å²) in [6.45, 7) is 6.89. The number of aromatic nitrogens is 2. The van der Waals surface area contributed by atoms with Gasteiger partial charge in [0.1, 0.15) is 5.78 Å². The fourth-order valence-corrected chi connectivity index (χ4v) is 4.41. The van der Waals surface area contributed by atoms with Crippen molar-refractivity contribution in [1.29, 1.82) is 0 Å². The standard InChI is InChI=1S/C24H30ClFN4O3/c1-24(2)14-32-13-17(33-24)11-29-23-20(26)5-6-21(30-23)18-8-16(28-12-19(18)25)9-22(31)15-4-3-7-27-10-15/h5-6,8,12,15,17,27H,3-4,7,9-11,13-14H2,1-2H3,(H,29,30)/t15-,17?/m1/s1. The van der Waals surface area contributed by atoms with Gasteiger partial charge in [0, 0.05) is 42.9 Å². The number of anilines is 1. The lowest BCUT2D eigenvalue weighted by atomic mass is 9.92. The molecular formula is C24H30ClFN4O3. The molecule has 0 saturated carbocycles. The molecule has 0 aliphatic carbocycles. The van der Waals surface area contributed by atoms with Gasteiger partial charge in [0.05, 0.1) is 35.6 Å². The summed E-state index contributed by atoms with van der Waals surface area (Å²) < 4.78 is 26.0. The summed E-state index contributed by atoms with van der Waals surface area (Å²) in [7, 11) is 0. The summed E-state index contributed by atoms with van der Waals surface area (Å²) in [6, 6.07) is 4.69. The molecule has 0 radical (unpaired) electrons. The van der Waals surface area contributed by atoms with Crippen LogP contribution >= 0.6 is 11.6 Å². The van der Waals surface area contributed by atoms with E-state index in [1.807, 2.05) is 13.8 Å². The van der Waals surface area contributed by atoms with Crippen LogP contribution in [0.5, 0.6) is 0 Å². The van der Waals surface area contributed by atoms with Crippen molar-refractivity contribution in [3.63, 3.8) is 0 Å². The van der Waals surface area contributed by atoms with Crippen LogP contribution in [0, 0.1) is 11.7 Å². The summed E-state index contributed by atoms with van der Waals surface area (Å²) in [5.74, 6) is -0.191. The Balaban J connectivity index is 1.48. The van der Waals surface area contributed by atoms with Crippen molar-refractivity contribution >= 4 is 23.2 Å². The number of halogens is 2. The van der Waals surface area contributed by atoms with Crippen LogP contribution in [0.3, 0.4) is 0 Å². The minimum Gasteiger partial charge on any atom is -0.376 e. The van der Waals surface area contributed by atoms with Gasteiger partial charge in [0.15, 0.2) is 11.6 Å². The molecule has 2 aromatic rings. The quantitative estimate of drug-likeness (QED) is 0.630. The Bertz CT molecular complexity index is 998. The predicted molar refractivity (Wildman–Crippen MR) is 125 cm³/mol. The number of piperidine rings is 1. The Morgan fingerprint density at radius 2 is 2.24 bits per heavy atom. The van der Waals surface area contributed by atoms with Crippen molar-refractivity contribution in [2.24, 2.45) is 5.92 Å². The zero-order valence-electron chi connectivity index (χ0n) is 19.0. The smallest absolute Gasteiger partial charge is 0.165 e. The first-order chi connectivity index (χ1) is 15.8. The van der Waals surface area contributed by atoms with Crippen LogP contribution in [0.2, 0.25) is 5.02 Å². The number of nitrogens with one attached hydrogen (secondary N) is 2. The molecule has 0 bridgehead atoms. The third-order valence-electron chi connectivity index (χ3n) is 5.88. The van der Waals surface area contributed by atoms with Crippen molar-refractivity contribution in [3.05, 3.63) is 40.9 Å². The number of hydrogen-bond donors (Lipinski definition) is 2. The van der Waals surface area contributed by atoms with E-state index in [-0.39, 0.29) is 35.6 Å². The molecule has 2 fully saturated rings. The maximum absolute atomic E-state index is 14.5. The summed E-state index contributed by atoms with van der Waals surface area (Å²) in [6.07, 6.45) is 3.44. The normalized spacial score (nSPS) is 22.7. The molecule has 178 valence electrons. The highest BCUT2D eigenvalue weighted by molar-refractivity contribution is 6.33. The molecule has 0 spiro atoms. The predicted octanol–water partition coefficient (Wildman–Crippen LogP) is 3.65. The third-order valence-corrected chi connectivity index (χ3v) is 6.18. The minimum absolute atomic E-state index is 0.00962. The van der Waals surface area contributed by atoms with Crippen LogP contribution in [0.1, 0.15) is 32.4 Å². The van der Waals surface area contributed by atoms with E-state index >= 15 is 0 Å². The fourth-order valence-electron chi connectivity index (χ4n) is 4.21. The highest BCUT2D eigenvalue weighted by Crippen LogP contribution is 2.29. The molecule has 2 atom stereocenters. The number of hydrogen-bond acceptors (Lipinski definition) is 7. The second-order valence-electron chi connectivity index (χ2n) is 9.26. The molecule has 2 saturated heterocycles. The number of rotatable bonds is 7. The van der Waals surface area contributed by atoms with E-state index in [2.05, 4.69) is 20.6 Å². The Morgan fingerprint density at radius 3 is 3.00 bits per heavy atom. The topological polar surface area (TPSA) is 85.4 Å². The van der Waals surface area contributed by atoms with Crippen LogP contribution in [-0.2, 0) is 20.7 Å². The summed E-state index contributed by atoms with van der Waals surface area (Å²) in [5.41, 5.74) is 1.35. The Hall–Kier alpha value is -2.13. The summed E-state index contributed by atoms with van der Waals surface area (Å²) in [5, 5.41) is 6.69. The molecular weight excluding hydrogens is 447 g/mol. The van der Waals surface area contributed by atoms with Gasteiger partial charge < -0.3 is 20.1 Å². The van der Waals surface area contributed by atoms with Crippen LogP contribution in [0.25, 0.3) is 11.3 Å². The zero-order valence-corrected chi connectivity index (χ0v) is 19.8. The number of ketones is 1. The molecule has 2 aliphatic heterocycles. The lowest BCUT2D eigenvalue weighted by Crippen LogP contribution is -2.45. The van der Waals surface area contributed by atoms with Gasteiger partial charge in [0.25, 0.3) is 0 Å². The van der Waals surface area contributed by atoms with E-state index in [0.29, 0.717) is 48.3 Å². The highest BCUT2D eigenvalue weighted by Gasteiger charge is 2.29. The zero-order chi connectivity index (χ0) is 23.4. The molecule has 2 aromatic heterocycles. The Morgan fingerprint density at radius 1 is 1.39 bits per heavy atom. The molecule has 7 nitrogen and oxygen atoms in total. The van der Waals surface area contributed by atoms with Gasteiger partial charge in [-0.2, -0.15) is 0 Å². The highest BCUT2D eigenvalue weighted by atomic mass is 35.5. The fraction of sp³-hybridized carbons (Fsp3) is 0.542. The largest absolute Gasteiger partial charge is 0.376 e. The van der Waals surface area contributed by atoms with E-state index in [9.17, 15) is 9.18 Å². The summed E-state index contributed by atoms with van der Waals surface area (Å²) >= 11 is 6.39. The maximum Gasteiger partial charge on any atom is 0.165 e. The van der Waals surface area contributed by atoms with E-state index in [0.717, 1.165) is 19.4 Å². The number of nitrogens with zero attached hydrogens (tertiary/aromatic N) is 2. The molecule has 4 rings (SSSR count). The monoisotopic (exact) mass is 476 g/mol. The second-order valence-corrected chi connectivity index (χ2v) is 9.67. The van der Waals surface area contributed by atoms with Gasteiger partial charge in [-0.15, -0.1) is 0 Å². The van der Waals surface area contributed by atoms with Gasteiger partial charge in [-0.1, -0.05) is 11.6 Å². The van der Waals surface area contributed by atoms with E-state index in [1.165, 1.54) is 12.3 Å². The Kier molecular flexibility index (Phi) is 7.58. The van der Waals surface area contributed by atoms with Gasteiger partial charge in [-0.3, -0.25) is 9.78 Å². The molecule has 33 heavy (non-hydrogen) atoms. The van der Waals surface area contributed by atoms with Crippen LogP contribution in [0.4, 0.5) is 10.2 Å². The Labute approximate surface area is 198 Å². The van der Waals surface area contributed by atoms with E-state index in [1.54, 1.807) is 12.1 Å². The first-order valence-electron chi connectivity index (χ1n) is 11.3. The minimum atomic E-state index is -0.472. The third kappa shape index (κ3) is 6.26. The van der Waals surface area contributed by atoms with Crippen molar-refractivity contribution in [3.8, 4) is 11.3 Å². The van der Waals surface area contributed by atoms with Crippen molar-refractivity contribution < 1.29 is 18.7 Å². The van der Waals surface area contributed by atoms with Crippen molar-refractivity contribution in [2.45, 2.75) is 44.8 Å². The van der Waals surface area contributed by atoms with Crippen LogP contribution in [-0.4, -0.2) is 60.3 Å². The molecule has 0 aromatic carbocycles. The number of carbonyl (C=O) groups is 1. The maximum atomic E-state index is 14.5. The first-order valence-corrected chi connectivity index (χ1v) is 11.7. The van der Waals surface area contributed by atoms with Crippen LogP contribution < -0.4 is 10.6 Å². The lowest BCUT2D eigenvalue weighted by Gasteiger charge is -2.36. The number of Topliss-reactive ketones (excluding diaryl/α,β-unsaturated/α-hetero) is 1. The lowest BCUT2D eigenvalue weighted by molar-refractivity contribution is -0.177. The SMILES string of the molecule is CC1(C)COCC(CNc2nc(-c3cc(CC(=O)[C@@H]4CCCNC4)ncc3Cl)ccc2F)O1. The van der Waals surface area contributed by atoms with Gasteiger partial charge in [-0.05, 0) is 51.4 Å². The average Bonchev–Trinajstić information content (AvgIpc) is 2.80. The number of carbonyl (C=O) groups excluding carboxylic acids is 1. The van der Waals surface area contributed by atoms with Gasteiger partial charge in [-0.25, -0.2) is 9.37 Å². The van der Waals surface area contributed by atoms with Gasteiger partial charge in [0.2, 0.25) is 0 Å². The van der Waals surface area contributed by atoms with Crippen molar-refractivity contribution in [2.75, 3.05) is 38.2 Å².